The quantitative estimate of drug-likeness (QED) is 0.137. The highest BCUT2D eigenvalue weighted by molar-refractivity contribution is 8.01. The third-order valence-corrected chi connectivity index (χ3v) is 8.23. The van der Waals surface area contributed by atoms with Gasteiger partial charge in [0, 0.05) is 11.8 Å². The van der Waals surface area contributed by atoms with Crippen LogP contribution in [0.15, 0.2) is 57.9 Å². The molecule has 0 aliphatic carbocycles. The van der Waals surface area contributed by atoms with Crippen LogP contribution < -0.4 is 21.1 Å². The van der Waals surface area contributed by atoms with Crippen molar-refractivity contribution in [3.8, 4) is 5.75 Å². The van der Waals surface area contributed by atoms with Crippen molar-refractivity contribution in [3.05, 3.63) is 60.0 Å². The highest BCUT2D eigenvalue weighted by atomic mass is 32.2. The zero-order valence-corrected chi connectivity index (χ0v) is 24.9. The summed E-state index contributed by atoms with van der Waals surface area (Å²) in [6, 6.07) is 11.0. The SMILES string of the molecule is CC(C)(C)C1CN=C(CSc2cnc(NC(=O)Cc3ccc(OCCCC(=O)Nc4cc(F)ccc4N)cc3)s2)O1. The van der Waals surface area contributed by atoms with Gasteiger partial charge in [-0.2, -0.15) is 0 Å². The van der Waals surface area contributed by atoms with Crippen LogP contribution in [0, 0.1) is 11.2 Å². The molecule has 0 fully saturated rings. The predicted octanol–water partition coefficient (Wildman–Crippen LogP) is 5.78. The Morgan fingerprint density at radius 2 is 1.95 bits per heavy atom. The molecule has 0 bridgehead atoms. The molecule has 4 rings (SSSR count). The number of aromatic nitrogens is 1. The Labute approximate surface area is 247 Å². The summed E-state index contributed by atoms with van der Waals surface area (Å²) in [5.41, 5.74) is 7.19. The fourth-order valence-electron chi connectivity index (χ4n) is 3.80. The number of anilines is 3. The number of benzene rings is 2. The summed E-state index contributed by atoms with van der Waals surface area (Å²) < 4.78 is 26.0. The minimum Gasteiger partial charge on any atom is -0.494 e. The number of nitrogens with one attached hydrogen (secondary N) is 2. The van der Waals surface area contributed by atoms with Crippen molar-refractivity contribution in [2.24, 2.45) is 10.4 Å². The van der Waals surface area contributed by atoms with Gasteiger partial charge in [0.05, 0.1) is 47.1 Å². The number of carbonyl (C=O) groups is 2. The Kier molecular flexibility index (Phi) is 10.2. The van der Waals surface area contributed by atoms with Crippen LogP contribution >= 0.6 is 23.1 Å². The molecular weight excluding hydrogens is 565 g/mol. The molecule has 4 N–H and O–H groups in total. The van der Waals surface area contributed by atoms with Crippen LogP contribution in [-0.2, 0) is 20.7 Å². The van der Waals surface area contributed by atoms with E-state index in [9.17, 15) is 14.0 Å². The molecule has 0 saturated carbocycles. The largest absolute Gasteiger partial charge is 0.494 e. The van der Waals surface area contributed by atoms with E-state index in [1.807, 2.05) is 12.1 Å². The molecule has 1 aliphatic heterocycles. The van der Waals surface area contributed by atoms with Gasteiger partial charge in [-0.25, -0.2) is 9.37 Å². The first-order valence-corrected chi connectivity index (χ1v) is 15.0. The predicted molar refractivity (Wildman–Crippen MR) is 162 cm³/mol. The summed E-state index contributed by atoms with van der Waals surface area (Å²) in [6.07, 6.45) is 2.71. The maximum atomic E-state index is 13.3. The van der Waals surface area contributed by atoms with Crippen molar-refractivity contribution in [2.45, 2.75) is 50.3 Å². The van der Waals surface area contributed by atoms with Gasteiger partial charge in [-0.05, 0) is 42.3 Å². The molecule has 0 radical (unpaired) electrons. The third kappa shape index (κ3) is 9.46. The number of rotatable bonds is 12. The maximum Gasteiger partial charge on any atom is 0.230 e. The molecule has 3 aromatic rings. The summed E-state index contributed by atoms with van der Waals surface area (Å²) in [4.78, 5) is 33.4. The standard InChI is InChI=1S/C29H34FN5O4S2/c1-29(2,3)23-15-32-26(39-23)17-40-27-16-33-28(41-27)35-25(37)13-18-6-9-20(10-7-18)38-12-4-5-24(36)34-22-14-19(30)8-11-21(22)31/h6-11,14,16,23H,4-5,12-13,15,17,31H2,1-3H3,(H,34,36)(H,33,35,37). The molecule has 218 valence electrons. The van der Waals surface area contributed by atoms with Crippen molar-refractivity contribution in [1.82, 2.24) is 4.98 Å². The Balaban J connectivity index is 1.13. The zero-order chi connectivity index (χ0) is 29.4. The Morgan fingerprint density at radius 3 is 2.68 bits per heavy atom. The molecule has 2 aromatic carbocycles. The molecule has 1 aromatic heterocycles. The van der Waals surface area contributed by atoms with Gasteiger partial charge in [0.1, 0.15) is 17.7 Å². The minimum atomic E-state index is -0.471. The smallest absolute Gasteiger partial charge is 0.230 e. The molecule has 1 aliphatic rings. The lowest BCUT2D eigenvalue weighted by Crippen LogP contribution is -2.29. The average molecular weight is 600 g/mol. The second-order valence-corrected chi connectivity index (χ2v) is 12.9. The number of nitrogens with zero attached hydrogens (tertiary/aromatic N) is 2. The first kappa shape index (κ1) is 30.3. The molecule has 41 heavy (non-hydrogen) atoms. The second-order valence-electron chi connectivity index (χ2n) is 10.6. The van der Waals surface area contributed by atoms with E-state index in [4.69, 9.17) is 15.2 Å². The average Bonchev–Trinajstić information content (AvgIpc) is 3.58. The van der Waals surface area contributed by atoms with E-state index in [0.29, 0.717) is 41.9 Å². The number of nitrogen functional groups attached to an aromatic ring is 1. The third-order valence-electron chi connectivity index (χ3n) is 6.14. The van der Waals surface area contributed by atoms with E-state index in [-0.39, 0.29) is 41.9 Å². The van der Waals surface area contributed by atoms with E-state index in [1.165, 1.54) is 29.5 Å². The number of hydrogen-bond acceptors (Lipinski definition) is 9. The normalized spacial score (nSPS) is 14.7. The fourth-order valence-corrected chi connectivity index (χ4v) is 5.56. The lowest BCUT2D eigenvalue weighted by Gasteiger charge is -2.25. The second kappa shape index (κ2) is 13.8. The van der Waals surface area contributed by atoms with Gasteiger partial charge in [-0.3, -0.25) is 14.6 Å². The molecule has 1 unspecified atom stereocenters. The van der Waals surface area contributed by atoms with Crippen molar-refractivity contribution in [3.63, 3.8) is 0 Å². The zero-order valence-electron chi connectivity index (χ0n) is 23.2. The summed E-state index contributed by atoms with van der Waals surface area (Å²) in [5.74, 6) is 1.11. The van der Waals surface area contributed by atoms with Crippen LogP contribution in [0.3, 0.4) is 0 Å². The topological polar surface area (TPSA) is 128 Å². The van der Waals surface area contributed by atoms with E-state index in [2.05, 4.69) is 41.4 Å². The van der Waals surface area contributed by atoms with E-state index < -0.39 is 5.82 Å². The van der Waals surface area contributed by atoms with Crippen molar-refractivity contribution >= 4 is 57.3 Å². The molecular formula is C29H34FN5O4S2. The number of nitrogens with two attached hydrogens (primary N) is 1. The van der Waals surface area contributed by atoms with E-state index >= 15 is 0 Å². The monoisotopic (exact) mass is 599 g/mol. The number of ether oxygens (including phenoxy) is 2. The van der Waals surface area contributed by atoms with E-state index in [0.717, 1.165) is 15.7 Å². The van der Waals surface area contributed by atoms with Gasteiger partial charge >= 0.3 is 0 Å². The van der Waals surface area contributed by atoms with Crippen LogP contribution in [0.4, 0.5) is 20.9 Å². The Hall–Kier alpha value is -3.64. The first-order valence-electron chi connectivity index (χ1n) is 13.2. The highest BCUT2D eigenvalue weighted by Crippen LogP contribution is 2.31. The molecule has 1 atom stereocenters. The summed E-state index contributed by atoms with van der Waals surface area (Å²) >= 11 is 3.01. The fraction of sp³-hybridized carbons (Fsp3) is 0.379. The molecule has 0 saturated heterocycles. The number of thiazole rings is 1. The summed E-state index contributed by atoms with van der Waals surface area (Å²) in [7, 11) is 0. The van der Waals surface area contributed by atoms with Crippen LogP contribution in [0.1, 0.15) is 39.2 Å². The van der Waals surface area contributed by atoms with Gasteiger partial charge in [-0.1, -0.05) is 44.2 Å². The van der Waals surface area contributed by atoms with Crippen LogP contribution in [0.2, 0.25) is 0 Å². The minimum absolute atomic E-state index is 0.0497. The van der Waals surface area contributed by atoms with Crippen LogP contribution in [0.5, 0.6) is 5.75 Å². The van der Waals surface area contributed by atoms with E-state index in [1.54, 1.807) is 30.1 Å². The lowest BCUT2D eigenvalue weighted by molar-refractivity contribution is -0.116. The van der Waals surface area contributed by atoms with Crippen LogP contribution in [-0.4, -0.2) is 47.7 Å². The number of carbonyl (C=O) groups excluding carboxylic acids is 2. The number of halogens is 1. The number of amides is 2. The van der Waals surface area contributed by atoms with Gasteiger partial charge < -0.3 is 25.8 Å². The number of aliphatic imine (C=N–C) groups is 1. The molecule has 2 heterocycles. The van der Waals surface area contributed by atoms with Gasteiger partial charge in [0.15, 0.2) is 11.0 Å². The van der Waals surface area contributed by atoms with Crippen molar-refractivity contribution in [1.29, 1.82) is 0 Å². The van der Waals surface area contributed by atoms with Gasteiger partial charge in [0.25, 0.3) is 0 Å². The molecule has 12 heteroatoms. The van der Waals surface area contributed by atoms with Gasteiger partial charge in [0.2, 0.25) is 11.8 Å². The Bertz CT molecular complexity index is 1390. The maximum absolute atomic E-state index is 13.3. The first-order chi connectivity index (χ1) is 19.5. The summed E-state index contributed by atoms with van der Waals surface area (Å²) in [5, 5.41) is 6.00. The van der Waals surface area contributed by atoms with Gasteiger partial charge in [-0.15, -0.1) is 11.8 Å². The lowest BCUT2D eigenvalue weighted by atomic mass is 9.89. The summed E-state index contributed by atoms with van der Waals surface area (Å²) in [6.45, 7) is 7.45. The van der Waals surface area contributed by atoms with Crippen molar-refractivity contribution in [2.75, 3.05) is 35.3 Å². The van der Waals surface area contributed by atoms with Crippen molar-refractivity contribution < 1.29 is 23.5 Å². The molecule has 2 amide bonds. The number of hydrogen-bond donors (Lipinski definition) is 3. The molecule has 9 nitrogen and oxygen atoms in total. The van der Waals surface area contributed by atoms with Crippen LogP contribution in [0.25, 0.3) is 0 Å². The highest BCUT2D eigenvalue weighted by Gasteiger charge is 2.31. The Morgan fingerprint density at radius 1 is 1.17 bits per heavy atom. The molecule has 0 spiro atoms. The number of thioether (sulfide) groups is 1.